The number of nitrogens with two attached hydrogens (primary N) is 5. The number of aromatic nitrogens is 6. The molecule has 0 spiro atoms. The third kappa shape index (κ3) is 6.75. The van der Waals surface area contributed by atoms with Crippen molar-refractivity contribution in [2.75, 3.05) is 5.73 Å². The number of carbonyl (C=O) groups excluding carboxylic acids is 2. The van der Waals surface area contributed by atoms with Gasteiger partial charge < -0.3 is 28.7 Å². The molecule has 0 radical (unpaired) electrons. The highest BCUT2D eigenvalue weighted by molar-refractivity contribution is 6.02. The highest BCUT2D eigenvalue weighted by atomic mass is 16.1. The van der Waals surface area contributed by atoms with E-state index in [2.05, 4.69) is 46.6 Å². The van der Waals surface area contributed by atoms with Crippen LogP contribution in [0.3, 0.4) is 0 Å². The van der Waals surface area contributed by atoms with E-state index in [0.29, 0.717) is 17.2 Å². The number of carbonyl (C=O) groups is 2. The van der Waals surface area contributed by atoms with Gasteiger partial charge in [0.25, 0.3) is 11.8 Å². The fourth-order valence-corrected chi connectivity index (χ4v) is 8.00. The van der Waals surface area contributed by atoms with Gasteiger partial charge in [-0.3, -0.25) is 9.59 Å². The minimum atomic E-state index is -0.762. The maximum atomic E-state index is 12.2. The van der Waals surface area contributed by atoms with Crippen LogP contribution in [0.25, 0.3) is 56.3 Å². The molecule has 2 amide bonds. The second-order valence-electron chi connectivity index (χ2n) is 15.5. The summed E-state index contributed by atoms with van der Waals surface area (Å²) in [5.74, 6) is -1.02. The molecule has 13 nitrogen and oxygen atoms in total. The van der Waals surface area contributed by atoms with Gasteiger partial charge in [-0.15, -0.1) is 5.10 Å². The molecule has 2 aliphatic carbocycles. The van der Waals surface area contributed by atoms with Crippen molar-refractivity contribution in [1.29, 1.82) is 0 Å². The number of primary amides is 2. The largest absolute Gasteiger partial charge is 0.382 e. The quantitative estimate of drug-likeness (QED) is 0.112. The number of hydrogen-bond acceptors (Lipinski definition) is 9. The lowest BCUT2D eigenvalue weighted by Gasteiger charge is -2.38. The number of rotatable bonds is 8. The average Bonchev–Trinajstić information content (AvgIpc) is 3.81. The van der Waals surface area contributed by atoms with Gasteiger partial charge in [-0.1, -0.05) is 109 Å². The van der Waals surface area contributed by atoms with Gasteiger partial charge in [0, 0.05) is 33.3 Å². The predicted molar refractivity (Wildman–Crippen MR) is 229 cm³/mol. The minimum absolute atomic E-state index is 0.0714. The van der Waals surface area contributed by atoms with Gasteiger partial charge in [0.2, 0.25) is 0 Å². The first-order valence-electron chi connectivity index (χ1n) is 19.6. The number of nitrogen functional groups attached to an aromatic ring is 1. The maximum absolute atomic E-state index is 12.2. The Morgan fingerprint density at radius 1 is 0.542 bits per heavy atom. The molecule has 10 rings (SSSR count). The summed E-state index contributed by atoms with van der Waals surface area (Å²) in [6, 6.07) is 41.1. The van der Waals surface area contributed by atoms with Gasteiger partial charge in [-0.2, -0.15) is 5.10 Å². The lowest BCUT2D eigenvalue weighted by Crippen LogP contribution is -2.43. The molecule has 59 heavy (non-hydrogen) atoms. The molecular formula is C46H43N11O2. The lowest BCUT2D eigenvalue weighted by molar-refractivity contribution is 0.0994. The second kappa shape index (κ2) is 14.6. The maximum Gasteiger partial charge on any atom is 0.269 e. The van der Waals surface area contributed by atoms with Crippen molar-refractivity contribution in [3.8, 4) is 45.0 Å². The summed E-state index contributed by atoms with van der Waals surface area (Å²) < 4.78 is 3.29. The Hall–Kier alpha value is -7.22. The Balaban J connectivity index is 0.000000154. The van der Waals surface area contributed by atoms with E-state index in [9.17, 15) is 9.59 Å². The molecule has 8 aromatic rings. The van der Waals surface area contributed by atoms with Crippen LogP contribution >= 0.6 is 0 Å². The molecule has 0 atom stereocenters. The number of fused-ring (bicyclic) bond motifs is 2. The zero-order chi connectivity index (χ0) is 40.9. The predicted octanol–water partition coefficient (Wildman–Crippen LogP) is 6.58. The Labute approximate surface area is 339 Å². The molecule has 4 aromatic heterocycles. The van der Waals surface area contributed by atoms with Gasteiger partial charge >= 0.3 is 0 Å². The number of amides is 2. The van der Waals surface area contributed by atoms with Crippen LogP contribution in [0.5, 0.6) is 0 Å². The van der Waals surface area contributed by atoms with Crippen molar-refractivity contribution in [1.82, 2.24) is 29.2 Å². The number of hydrogen-bond donors (Lipinski definition) is 5. The van der Waals surface area contributed by atoms with Crippen LogP contribution in [0.1, 0.15) is 70.5 Å². The van der Waals surface area contributed by atoms with Crippen LogP contribution < -0.4 is 28.7 Å². The second-order valence-corrected chi connectivity index (χ2v) is 15.5. The van der Waals surface area contributed by atoms with E-state index in [-0.39, 0.29) is 28.0 Å². The van der Waals surface area contributed by atoms with E-state index in [1.165, 1.54) is 22.6 Å². The standard InChI is InChI=1S/C24H22N6O2.C22H21N5/c25-21(31)17-13-18(22(26)32)29-30-20(15-5-2-1-3-6-15)19(28-23(17)30)14-7-9-16(10-8-14)24(27)11-4-12-24;23-18-11-12-19-25-20(21(27(19)26-18)16-5-2-1-3-6-16)15-7-9-17(10-8-15)22(24)13-4-14-22/h1-3,5-10,13H,4,11-12,27H2,(H2,25,31)(H2,26,32);1-3,5-12H,4,13-14,24H2,(H2,23,26). The molecule has 0 aliphatic heterocycles. The lowest BCUT2D eigenvalue weighted by atomic mass is 9.72. The Kier molecular flexibility index (Phi) is 9.26. The highest BCUT2D eigenvalue weighted by Gasteiger charge is 2.35. The van der Waals surface area contributed by atoms with Crippen LogP contribution in [-0.2, 0) is 11.1 Å². The van der Waals surface area contributed by atoms with Gasteiger partial charge in [0.05, 0.1) is 17.0 Å². The Morgan fingerprint density at radius 3 is 1.49 bits per heavy atom. The third-order valence-electron chi connectivity index (χ3n) is 11.7. The van der Waals surface area contributed by atoms with E-state index < -0.39 is 11.8 Å². The molecule has 10 N–H and O–H groups in total. The molecule has 0 bridgehead atoms. The fourth-order valence-electron chi connectivity index (χ4n) is 8.00. The number of benzene rings is 4. The van der Waals surface area contributed by atoms with Crippen molar-refractivity contribution in [3.05, 3.63) is 150 Å². The Bertz CT molecular complexity index is 2860. The van der Waals surface area contributed by atoms with Gasteiger partial charge in [0.1, 0.15) is 22.9 Å². The summed E-state index contributed by atoms with van der Waals surface area (Å²) in [5, 5.41) is 8.86. The molecule has 2 saturated carbocycles. The monoisotopic (exact) mass is 781 g/mol. The smallest absolute Gasteiger partial charge is 0.269 e. The highest BCUT2D eigenvalue weighted by Crippen LogP contribution is 2.41. The summed E-state index contributed by atoms with van der Waals surface area (Å²) in [4.78, 5) is 33.6. The van der Waals surface area contributed by atoms with Crippen molar-refractivity contribution >= 4 is 28.9 Å². The summed E-state index contributed by atoms with van der Waals surface area (Å²) in [7, 11) is 0. The van der Waals surface area contributed by atoms with E-state index in [1.807, 2.05) is 83.4 Å². The summed E-state index contributed by atoms with van der Waals surface area (Å²) in [5.41, 5.74) is 39.6. The third-order valence-corrected chi connectivity index (χ3v) is 11.7. The van der Waals surface area contributed by atoms with Crippen LogP contribution in [0.4, 0.5) is 5.82 Å². The minimum Gasteiger partial charge on any atom is -0.382 e. The molecule has 13 heteroatoms. The molecular weight excluding hydrogens is 739 g/mol. The van der Waals surface area contributed by atoms with Crippen molar-refractivity contribution in [2.45, 2.75) is 49.6 Å². The number of nitrogens with zero attached hydrogens (tertiary/aromatic N) is 6. The SMILES string of the molecule is NC(=O)c1cc(C(N)=O)c2nc(-c3ccc(C4(N)CCC4)cc3)c(-c3ccccc3)n2n1.Nc1ccc2nc(-c3ccc(C4(N)CCC4)cc3)c(-c3ccccc3)n2n1. The first-order chi connectivity index (χ1) is 28.5. The summed E-state index contributed by atoms with van der Waals surface area (Å²) >= 11 is 0. The Morgan fingerprint density at radius 2 is 1.03 bits per heavy atom. The molecule has 294 valence electrons. The first kappa shape index (κ1) is 37.4. The van der Waals surface area contributed by atoms with Crippen LogP contribution in [0.15, 0.2) is 127 Å². The van der Waals surface area contributed by atoms with Gasteiger partial charge in [-0.25, -0.2) is 19.0 Å². The molecule has 4 aromatic carbocycles. The van der Waals surface area contributed by atoms with Crippen LogP contribution in [-0.4, -0.2) is 41.0 Å². The fraction of sp³-hybridized carbons (Fsp3) is 0.174. The number of anilines is 1. The zero-order valence-corrected chi connectivity index (χ0v) is 32.3. The molecule has 2 aliphatic rings. The van der Waals surface area contributed by atoms with E-state index in [1.54, 1.807) is 6.07 Å². The average molecular weight is 782 g/mol. The normalized spacial score (nSPS) is 15.2. The van der Waals surface area contributed by atoms with E-state index >= 15 is 0 Å². The van der Waals surface area contributed by atoms with Crippen LogP contribution in [0, 0.1) is 0 Å². The van der Waals surface area contributed by atoms with Crippen molar-refractivity contribution in [3.63, 3.8) is 0 Å². The molecule has 0 saturated heterocycles. The topological polar surface area (TPSA) is 225 Å². The van der Waals surface area contributed by atoms with E-state index in [0.717, 1.165) is 77.0 Å². The molecule has 0 unspecified atom stereocenters. The van der Waals surface area contributed by atoms with E-state index in [4.69, 9.17) is 38.6 Å². The molecule has 2 fully saturated rings. The summed E-state index contributed by atoms with van der Waals surface area (Å²) in [6.07, 6.45) is 6.39. The van der Waals surface area contributed by atoms with Gasteiger partial charge in [-0.05, 0) is 67.9 Å². The molecule has 4 heterocycles. The zero-order valence-electron chi connectivity index (χ0n) is 32.3. The van der Waals surface area contributed by atoms with Crippen LogP contribution in [0.2, 0.25) is 0 Å². The summed E-state index contributed by atoms with van der Waals surface area (Å²) in [6.45, 7) is 0. The number of imidazole rings is 2. The van der Waals surface area contributed by atoms with Crippen molar-refractivity contribution in [2.24, 2.45) is 22.9 Å². The van der Waals surface area contributed by atoms with Gasteiger partial charge in [0.15, 0.2) is 11.3 Å². The first-order valence-corrected chi connectivity index (χ1v) is 19.6. The van der Waals surface area contributed by atoms with Crippen molar-refractivity contribution < 1.29 is 9.59 Å².